The lowest BCUT2D eigenvalue weighted by atomic mass is 10.1. The van der Waals surface area contributed by atoms with Gasteiger partial charge in [0.2, 0.25) is 0 Å². The summed E-state index contributed by atoms with van der Waals surface area (Å²) in [5.74, 6) is 0.340. The van der Waals surface area contributed by atoms with Crippen LogP contribution in [0.1, 0.15) is 32.8 Å². The predicted octanol–water partition coefficient (Wildman–Crippen LogP) is 3.79. The summed E-state index contributed by atoms with van der Waals surface area (Å²) in [5, 5.41) is 0. The van der Waals surface area contributed by atoms with Crippen LogP contribution >= 0.6 is 0 Å². The Kier molecular flexibility index (Phi) is 9.07. The maximum atomic E-state index is 11.8. The molecule has 25 heavy (non-hydrogen) atoms. The maximum Gasteiger partial charge on any atom is 0.333 e. The van der Waals surface area contributed by atoms with Gasteiger partial charge in [-0.2, -0.15) is 0 Å². The van der Waals surface area contributed by atoms with Crippen molar-refractivity contribution >= 4 is 18.0 Å². The van der Waals surface area contributed by atoms with Crippen LogP contribution in [0.25, 0.3) is 6.08 Å². The van der Waals surface area contributed by atoms with Crippen LogP contribution in [0.15, 0.2) is 42.0 Å². The molecule has 0 aliphatic heterocycles. The first kappa shape index (κ1) is 20.5. The molecule has 5 heteroatoms. The van der Waals surface area contributed by atoms with E-state index in [1.54, 1.807) is 26.2 Å². The second-order valence-corrected chi connectivity index (χ2v) is 5.94. The summed E-state index contributed by atoms with van der Waals surface area (Å²) < 4.78 is 15.2. The SMILES string of the molecule is COc1ccc(/C=C/COC(=O)/C(C)=C\COC(=O)CC(C)C)cc1. The van der Waals surface area contributed by atoms with Crippen molar-refractivity contribution in [1.82, 2.24) is 0 Å². The standard InChI is InChI=1S/C20H26O5/c1-15(2)14-19(21)24-13-11-16(3)20(22)25-12-5-6-17-7-9-18(23-4)10-8-17/h5-11,15H,12-14H2,1-4H3/b6-5+,16-11-. The highest BCUT2D eigenvalue weighted by molar-refractivity contribution is 5.87. The molecule has 0 aromatic heterocycles. The molecule has 0 amide bonds. The minimum Gasteiger partial charge on any atom is -0.497 e. The summed E-state index contributed by atoms with van der Waals surface area (Å²) in [6, 6.07) is 7.54. The monoisotopic (exact) mass is 346 g/mol. The van der Waals surface area contributed by atoms with E-state index in [9.17, 15) is 9.59 Å². The van der Waals surface area contributed by atoms with Gasteiger partial charge in [-0.05, 0) is 42.7 Å². The third kappa shape index (κ3) is 8.74. The highest BCUT2D eigenvalue weighted by Crippen LogP contribution is 2.12. The fourth-order valence-corrected chi connectivity index (χ4v) is 1.87. The van der Waals surface area contributed by atoms with Crippen molar-refractivity contribution in [2.75, 3.05) is 20.3 Å². The van der Waals surface area contributed by atoms with Crippen LogP contribution in [-0.4, -0.2) is 32.3 Å². The van der Waals surface area contributed by atoms with Crippen molar-refractivity contribution < 1.29 is 23.8 Å². The first-order chi connectivity index (χ1) is 11.9. The molecule has 5 nitrogen and oxygen atoms in total. The second-order valence-electron chi connectivity index (χ2n) is 5.94. The topological polar surface area (TPSA) is 61.8 Å². The molecule has 0 unspecified atom stereocenters. The van der Waals surface area contributed by atoms with E-state index in [0.29, 0.717) is 12.0 Å². The van der Waals surface area contributed by atoms with E-state index >= 15 is 0 Å². The molecule has 0 saturated carbocycles. The molecule has 0 heterocycles. The lowest BCUT2D eigenvalue weighted by Gasteiger charge is -2.05. The number of benzene rings is 1. The average molecular weight is 346 g/mol. The fraction of sp³-hybridized carbons (Fsp3) is 0.400. The molecule has 1 aromatic rings. The van der Waals surface area contributed by atoms with Crippen LogP contribution in [0.3, 0.4) is 0 Å². The molecule has 0 radical (unpaired) electrons. The minimum absolute atomic E-state index is 0.0776. The lowest BCUT2D eigenvalue weighted by Crippen LogP contribution is -2.10. The summed E-state index contributed by atoms with van der Waals surface area (Å²) in [5.41, 5.74) is 1.40. The van der Waals surface area contributed by atoms with Crippen LogP contribution in [0.4, 0.5) is 0 Å². The average Bonchev–Trinajstić information content (AvgIpc) is 2.58. The molecule has 0 aliphatic carbocycles. The summed E-state index contributed by atoms with van der Waals surface area (Å²) in [4.78, 5) is 23.2. The Balaban J connectivity index is 2.33. The van der Waals surface area contributed by atoms with Gasteiger partial charge in [0.05, 0.1) is 7.11 Å². The Bertz CT molecular complexity index is 611. The third-order valence-corrected chi connectivity index (χ3v) is 3.27. The van der Waals surface area contributed by atoms with Gasteiger partial charge in [0, 0.05) is 12.0 Å². The number of carbonyl (C=O) groups is 2. The minimum atomic E-state index is -0.431. The van der Waals surface area contributed by atoms with Crippen molar-refractivity contribution in [3.63, 3.8) is 0 Å². The Labute approximate surface area is 149 Å². The van der Waals surface area contributed by atoms with Crippen LogP contribution in [0, 0.1) is 5.92 Å². The molecule has 0 bridgehead atoms. The molecular weight excluding hydrogens is 320 g/mol. The number of ether oxygens (including phenoxy) is 3. The molecule has 0 N–H and O–H groups in total. The van der Waals surface area contributed by atoms with Gasteiger partial charge in [-0.3, -0.25) is 4.79 Å². The number of hydrogen-bond donors (Lipinski definition) is 0. The van der Waals surface area contributed by atoms with E-state index in [1.165, 1.54) is 0 Å². The maximum absolute atomic E-state index is 11.8. The summed E-state index contributed by atoms with van der Waals surface area (Å²) in [6.45, 7) is 5.77. The molecule has 0 fully saturated rings. The number of methoxy groups -OCH3 is 1. The van der Waals surface area contributed by atoms with Gasteiger partial charge >= 0.3 is 11.9 Å². The predicted molar refractivity (Wildman–Crippen MR) is 97.2 cm³/mol. The van der Waals surface area contributed by atoms with Crippen LogP contribution in [0.2, 0.25) is 0 Å². The molecule has 136 valence electrons. The van der Waals surface area contributed by atoms with Crippen molar-refractivity contribution in [3.05, 3.63) is 47.6 Å². The number of rotatable bonds is 9. The number of hydrogen-bond acceptors (Lipinski definition) is 5. The van der Waals surface area contributed by atoms with Crippen molar-refractivity contribution in [3.8, 4) is 5.75 Å². The zero-order valence-corrected chi connectivity index (χ0v) is 15.3. The highest BCUT2D eigenvalue weighted by Gasteiger charge is 2.07. The van der Waals surface area contributed by atoms with Crippen molar-refractivity contribution in [2.45, 2.75) is 27.2 Å². The lowest BCUT2D eigenvalue weighted by molar-refractivity contribution is -0.143. The zero-order chi connectivity index (χ0) is 18.7. The van der Waals surface area contributed by atoms with E-state index in [2.05, 4.69) is 0 Å². The van der Waals surface area contributed by atoms with Gasteiger partial charge < -0.3 is 14.2 Å². The molecule has 0 saturated heterocycles. The summed E-state index contributed by atoms with van der Waals surface area (Å²) in [7, 11) is 1.62. The molecule has 1 aromatic carbocycles. The largest absolute Gasteiger partial charge is 0.497 e. The van der Waals surface area contributed by atoms with Crippen molar-refractivity contribution in [1.29, 1.82) is 0 Å². The Morgan fingerprint density at radius 3 is 2.36 bits per heavy atom. The number of carbonyl (C=O) groups excluding carboxylic acids is 2. The normalized spacial score (nSPS) is 11.6. The van der Waals surface area contributed by atoms with E-state index < -0.39 is 5.97 Å². The molecule has 0 aliphatic rings. The second kappa shape index (κ2) is 11.1. The van der Waals surface area contributed by atoms with Gasteiger partial charge in [-0.15, -0.1) is 0 Å². The molecule has 0 atom stereocenters. The third-order valence-electron chi connectivity index (χ3n) is 3.27. The molecule has 1 rings (SSSR count). The summed E-state index contributed by atoms with van der Waals surface area (Å²) >= 11 is 0. The van der Waals surface area contributed by atoms with Gasteiger partial charge in [0.25, 0.3) is 0 Å². The zero-order valence-electron chi connectivity index (χ0n) is 15.3. The molecule has 0 spiro atoms. The van der Waals surface area contributed by atoms with E-state index in [-0.39, 0.29) is 25.1 Å². The fourth-order valence-electron chi connectivity index (χ4n) is 1.87. The first-order valence-corrected chi connectivity index (χ1v) is 8.22. The number of esters is 2. The van der Waals surface area contributed by atoms with Gasteiger partial charge in [0.1, 0.15) is 19.0 Å². The highest BCUT2D eigenvalue weighted by atomic mass is 16.5. The van der Waals surface area contributed by atoms with Gasteiger partial charge in [-0.1, -0.05) is 32.1 Å². The van der Waals surface area contributed by atoms with Crippen LogP contribution in [0.5, 0.6) is 5.75 Å². The van der Waals surface area contributed by atoms with Crippen molar-refractivity contribution in [2.24, 2.45) is 5.92 Å². The Morgan fingerprint density at radius 1 is 1.08 bits per heavy atom. The quantitative estimate of drug-likeness (QED) is 0.503. The smallest absolute Gasteiger partial charge is 0.333 e. The summed E-state index contributed by atoms with van der Waals surface area (Å²) in [6.07, 6.45) is 5.54. The Morgan fingerprint density at radius 2 is 1.76 bits per heavy atom. The molecular formula is C20H26O5. The Hall–Kier alpha value is -2.56. The first-order valence-electron chi connectivity index (χ1n) is 8.22. The van der Waals surface area contributed by atoms with E-state index in [1.807, 2.05) is 44.2 Å². The van der Waals surface area contributed by atoms with E-state index in [4.69, 9.17) is 14.2 Å². The van der Waals surface area contributed by atoms with Crippen LogP contribution < -0.4 is 4.74 Å². The van der Waals surface area contributed by atoms with E-state index in [0.717, 1.165) is 11.3 Å². The van der Waals surface area contributed by atoms with Crippen LogP contribution in [-0.2, 0) is 19.1 Å². The van der Waals surface area contributed by atoms with Gasteiger partial charge in [0.15, 0.2) is 0 Å². The van der Waals surface area contributed by atoms with Gasteiger partial charge in [-0.25, -0.2) is 4.79 Å².